The third-order valence-electron chi connectivity index (χ3n) is 6.37. The lowest BCUT2D eigenvalue weighted by Crippen LogP contribution is -2.34. The lowest BCUT2D eigenvalue weighted by atomic mass is 9.96. The second kappa shape index (κ2) is 11.2. The van der Waals surface area contributed by atoms with Crippen LogP contribution in [0, 0.1) is 6.92 Å². The van der Waals surface area contributed by atoms with E-state index in [4.69, 9.17) is 14.2 Å². The number of nitrogens with zero attached hydrogens (tertiary/aromatic N) is 1. The third kappa shape index (κ3) is 5.25. The standard InChI is InChI=1S/C30H30N2O6/c1-6-25(28(33)31-20-15-21(36-4)17-22(16-20)37-5)38-30(35)27-26(19-13-11-18(2)12-14-19)23-9-7-8-10-24(23)29(34)32(27)3/h7-17,25H,6H2,1-5H3,(H,31,33). The first-order valence-corrected chi connectivity index (χ1v) is 12.2. The molecule has 0 spiro atoms. The van der Waals surface area contributed by atoms with Gasteiger partial charge >= 0.3 is 5.97 Å². The van der Waals surface area contributed by atoms with Crippen LogP contribution in [-0.4, -0.2) is 36.8 Å². The summed E-state index contributed by atoms with van der Waals surface area (Å²) < 4.78 is 17.5. The number of benzene rings is 3. The molecular weight excluding hydrogens is 484 g/mol. The number of ether oxygens (including phenoxy) is 3. The van der Waals surface area contributed by atoms with Crippen LogP contribution in [-0.2, 0) is 16.6 Å². The average Bonchev–Trinajstić information content (AvgIpc) is 2.93. The number of nitrogens with one attached hydrogen (secondary N) is 1. The number of fused-ring (bicyclic) bond motifs is 1. The van der Waals surface area contributed by atoms with Crippen molar-refractivity contribution in [3.63, 3.8) is 0 Å². The van der Waals surface area contributed by atoms with Crippen LogP contribution in [0.1, 0.15) is 29.4 Å². The number of aryl methyl sites for hydroxylation is 1. The second-order valence-corrected chi connectivity index (χ2v) is 8.89. The number of carbonyl (C=O) groups is 2. The molecule has 1 aromatic heterocycles. The number of methoxy groups -OCH3 is 2. The largest absolute Gasteiger partial charge is 0.497 e. The lowest BCUT2D eigenvalue weighted by molar-refractivity contribution is -0.124. The van der Waals surface area contributed by atoms with Gasteiger partial charge in [-0.2, -0.15) is 0 Å². The molecule has 0 aliphatic heterocycles. The van der Waals surface area contributed by atoms with Gasteiger partial charge in [0, 0.05) is 41.9 Å². The summed E-state index contributed by atoms with van der Waals surface area (Å²) in [4.78, 5) is 40.0. The highest BCUT2D eigenvalue weighted by molar-refractivity contribution is 6.07. The normalized spacial score (nSPS) is 11.6. The van der Waals surface area contributed by atoms with Crippen LogP contribution >= 0.6 is 0 Å². The maximum absolute atomic E-state index is 13.6. The summed E-state index contributed by atoms with van der Waals surface area (Å²) >= 11 is 0. The van der Waals surface area contributed by atoms with Gasteiger partial charge in [0.05, 0.1) is 14.2 Å². The SMILES string of the molecule is CCC(OC(=O)c1c(-c2ccc(C)cc2)c2ccccc2c(=O)n1C)C(=O)Nc1cc(OC)cc(OC)c1. The zero-order chi connectivity index (χ0) is 27.4. The molecule has 0 bridgehead atoms. The fourth-order valence-corrected chi connectivity index (χ4v) is 4.33. The van der Waals surface area contributed by atoms with Crippen LogP contribution in [0.2, 0.25) is 0 Å². The molecule has 1 amide bonds. The van der Waals surface area contributed by atoms with Gasteiger partial charge in [0.25, 0.3) is 11.5 Å². The van der Waals surface area contributed by atoms with Gasteiger partial charge in [0.1, 0.15) is 17.2 Å². The number of esters is 1. The molecule has 0 saturated heterocycles. The number of carbonyl (C=O) groups excluding carboxylic acids is 2. The Labute approximate surface area is 220 Å². The van der Waals surface area contributed by atoms with Gasteiger partial charge in [-0.25, -0.2) is 4.79 Å². The van der Waals surface area contributed by atoms with E-state index in [1.54, 1.807) is 37.3 Å². The molecule has 196 valence electrons. The predicted octanol–water partition coefficient (Wildman–Crippen LogP) is 5.11. The molecule has 3 aromatic carbocycles. The van der Waals surface area contributed by atoms with Crippen molar-refractivity contribution in [1.82, 2.24) is 4.57 Å². The van der Waals surface area contributed by atoms with E-state index < -0.39 is 18.0 Å². The van der Waals surface area contributed by atoms with Crippen molar-refractivity contribution in [1.29, 1.82) is 0 Å². The Morgan fingerprint density at radius 2 is 1.53 bits per heavy atom. The van der Waals surface area contributed by atoms with E-state index in [0.29, 0.717) is 33.5 Å². The number of hydrogen-bond acceptors (Lipinski definition) is 6. The summed E-state index contributed by atoms with van der Waals surface area (Å²) in [5.74, 6) is -0.285. The average molecular weight is 515 g/mol. The minimum absolute atomic E-state index is 0.0758. The van der Waals surface area contributed by atoms with Gasteiger partial charge in [0.2, 0.25) is 0 Å². The summed E-state index contributed by atoms with van der Waals surface area (Å²) in [7, 11) is 4.56. The van der Waals surface area contributed by atoms with Crippen LogP contribution in [0.5, 0.6) is 11.5 Å². The molecule has 4 aromatic rings. The fraction of sp³-hybridized carbons (Fsp3) is 0.233. The smallest absolute Gasteiger partial charge is 0.356 e. The van der Waals surface area contributed by atoms with Crippen molar-refractivity contribution in [3.05, 3.63) is 88.3 Å². The quantitative estimate of drug-likeness (QED) is 0.329. The van der Waals surface area contributed by atoms with Gasteiger partial charge in [-0.3, -0.25) is 9.59 Å². The van der Waals surface area contributed by atoms with Crippen molar-refractivity contribution < 1.29 is 23.8 Å². The Bertz CT molecular complexity index is 1530. The molecule has 1 atom stereocenters. The van der Waals surface area contributed by atoms with Crippen LogP contribution in [0.25, 0.3) is 21.9 Å². The summed E-state index contributed by atoms with van der Waals surface area (Å²) in [6.07, 6.45) is -0.882. The minimum atomic E-state index is -1.10. The number of rotatable bonds is 8. The van der Waals surface area contributed by atoms with Crippen molar-refractivity contribution in [2.45, 2.75) is 26.4 Å². The molecule has 1 unspecified atom stereocenters. The zero-order valence-electron chi connectivity index (χ0n) is 22.0. The zero-order valence-corrected chi connectivity index (χ0v) is 22.0. The highest BCUT2D eigenvalue weighted by atomic mass is 16.5. The number of pyridine rings is 1. The molecule has 0 aliphatic carbocycles. The van der Waals surface area contributed by atoms with Crippen LogP contribution in [0.15, 0.2) is 71.5 Å². The Morgan fingerprint density at radius 1 is 0.921 bits per heavy atom. The topological polar surface area (TPSA) is 95.9 Å². The van der Waals surface area contributed by atoms with E-state index in [-0.39, 0.29) is 17.7 Å². The Balaban J connectivity index is 1.73. The third-order valence-corrected chi connectivity index (χ3v) is 6.37. The number of amides is 1. The molecule has 1 heterocycles. The fourth-order valence-electron chi connectivity index (χ4n) is 4.33. The van der Waals surface area contributed by atoms with E-state index in [1.807, 2.05) is 43.3 Å². The number of aromatic nitrogens is 1. The first-order valence-electron chi connectivity index (χ1n) is 12.2. The van der Waals surface area contributed by atoms with Gasteiger partial charge < -0.3 is 24.1 Å². The van der Waals surface area contributed by atoms with Gasteiger partial charge in [-0.1, -0.05) is 55.0 Å². The van der Waals surface area contributed by atoms with E-state index in [2.05, 4.69) is 5.32 Å². The van der Waals surface area contributed by atoms with Crippen molar-refractivity contribution in [2.75, 3.05) is 19.5 Å². The van der Waals surface area contributed by atoms with Crippen molar-refractivity contribution >= 4 is 28.3 Å². The molecule has 8 nitrogen and oxygen atoms in total. The molecule has 0 radical (unpaired) electrons. The Morgan fingerprint density at radius 3 is 2.11 bits per heavy atom. The van der Waals surface area contributed by atoms with Gasteiger partial charge in [-0.15, -0.1) is 0 Å². The second-order valence-electron chi connectivity index (χ2n) is 8.89. The Kier molecular flexibility index (Phi) is 7.81. The molecule has 1 N–H and O–H groups in total. The van der Waals surface area contributed by atoms with E-state index in [1.165, 1.54) is 25.8 Å². The molecule has 4 rings (SSSR count). The van der Waals surface area contributed by atoms with E-state index in [0.717, 1.165) is 11.1 Å². The predicted molar refractivity (Wildman–Crippen MR) is 147 cm³/mol. The van der Waals surface area contributed by atoms with Crippen molar-refractivity contribution in [2.24, 2.45) is 7.05 Å². The molecule has 8 heteroatoms. The maximum atomic E-state index is 13.6. The van der Waals surface area contributed by atoms with Crippen molar-refractivity contribution in [3.8, 4) is 22.6 Å². The number of hydrogen-bond donors (Lipinski definition) is 1. The summed E-state index contributed by atoms with van der Waals surface area (Å²) in [5, 5.41) is 3.88. The minimum Gasteiger partial charge on any atom is -0.497 e. The molecule has 0 fully saturated rings. The van der Waals surface area contributed by atoms with Crippen LogP contribution < -0.4 is 20.3 Å². The number of anilines is 1. The van der Waals surface area contributed by atoms with E-state index in [9.17, 15) is 14.4 Å². The van der Waals surface area contributed by atoms with Crippen LogP contribution in [0.4, 0.5) is 5.69 Å². The summed E-state index contributed by atoms with van der Waals surface area (Å²) in [6, 6.07) is 19.8. The van der Waals surface area contributed by atoms with Gasteiger partial charge in [-0.05, 0) is 30.4 Å². The summed E-state index contributed by atoms with van der Waals surface area (Å²) in [5.41, 5.74) is 2.56. The molecular formula is C30H30N2O6. The first-order chi connectivity index (χ1) is 18.3. The molecule has 38 heavy (non-hydrogen) atoms. The maximum Gasteiger partial charge on any atom is 0.356 e. The van der Waals surface area contributed by atoms with Crippen LogP contribution in [0.3, 0.4) is 0 Å². The monoisotopic (exact) mass is 514 g/mol. The molecule has 0 aliphatic rings. The first kappa shape index (κ1) is 26.5. The highest BCUT2D eigenvalue weighted by Crippen LogP contribution is 2.32. The summed E-state index contributed by atoms with van der Waals surface area (Å²) in [6.45, 7) is 3.71. The van der Waals surface area contributed by atoms with Gasteiger partial charge in [0.15, 0.2) is 6.10 Å². The highest BCUT2D eigenvalue weighted by Gasteiger charge is 2.28. The van der Waals surface area contributed by atoms with E-state index >= 15 is 0 Å². The lowest BCUT2D eigenvalue weighted by Gasteiger charge is -2.20. The Hall–Kier alpha value is -4.59. The molecule has 0 saturated carbocycles.